The molecule has 1 aliphatic carbocycles. The van der Waals surface area contributed by atoms with E-state index in [1.165, 1.54) is 0 Å². The molecule has 0 heterocycles. The standard InChI is InChI=1S/C10H16O2/c1-2-8-12-10-5-3-4-9(11)6-7-10/h5-7,9,11H,2-4,8H2,1H3. The molecule has 0 aromatic carbocycles. The van der Waals surface area contributed by atoms with Gasteiger partial charge in [-0.2, -0.15) is 0 Å². The molecule has 0 radical (unpaired) electrons. The lowest BCUT2D eigenvalue weighted by Crippen LogP contribution is -1.98. The average molecular weight is 168 g/mol. The molecule has 1 N–H and O–H groups in total. The topological polar surface area (TPSA) is 29.5 Å². The van der Waals surface area contributed by atoms with E-state index in [9.17, 15) is 5.11 Å². The smallest absolute Gasteiger partial charge is 0.115 e. The quantitative estimate of drug-likeness (QED) is 0.698. The van der Waals surface area contributed by atoms with Gasteiger partial charge in [-0.25, -0.2) is 0 Å². The van der Waals surface area contributed by atoms with Crippen molar-refractivity contribution in [1.82, 2.24) is 0 Å². The van der Waals surface area contributed by atoms with Gasteiger partial charge in [-0.15, -0.1) is 0 Å². The van der Waals surface area contributed by atoms with Gasteiger partial charge in [-0.05, 0) is 31.4 Å². The summed E-state index contributed by atoms with van der Waals surface area (Å²) < 4.78 is 5.42. The minimum atomic E-state index is -0.302. The summed E-state index contributed by atoms with van der Waals surface area (Å²) >= 11 is 0. The molecular formula is C10H16O2. The van der Waals surface area contributed by atoms with E-state index in [2.05, 4.69) is 6.92 Å². The fraction of sp³-hybridized carbons (Fsp3) is 0.600. The molecule has 0 fully saturated rings. The van der Waals surface area contributed by atoms with Gasteiger partial charge in [0, 0.05) is 0 Å². The van der Waals surface area contributed by atoms with Crippen molar-refractivity contribution in [2.45, 2.75) is 32.3 Å². The predicted molar refractivity (Wildman–Crippen MR) is 48.7 cm³/mol. The minimum Gasteiger partial charge on any atom is -0.494 e. The van der Waals surface area contributed by atoms with Gasteiger partial charge in [0.2, 0.25) is 0 Å². The second kappa shape index (κ2) is 4.99. The summed E-state index contributed by atoms with van der Waals surface area (Å²) in [5.41, 5.74) is 0. The molecule has 0 amide bonds. The molecule has 0 saturated carbocycles. The van der Waals surface area contributed by atoms with Crippen LogP contribution in [-0.4, -0.2) is 17.8 Å². The second-order valence-electron chi connectivity index (χ2n) is 2.96. The fourth-order valence-electron chi connectivity index (χ4n) is 1.09. The average Bonchev–Trinajstić information content (AvgIpc) is 2.27. The zero-order chi connectivity index (χ0) is 8.81. The number of ether oxygens (including phenoxy) is 1. The Labute approximate surface area is 73.5 Å². The molecule has 0 saturated heterocycles. The van der Waals surface area contributed by atoms with Crippen molar-refractivity contribution in [1.29, 1.82) is 0 Å². The molecule has 1 aliphatic rings. The summed E-state index contributed by atoms with van der Waals surface area (Å²) in [5, 5.41) is 9.26. The molecule has 2 heteroatoms. The monoisotopic (exact) mass is 168 g/mol. The Morgan fingerprint density at radius 1 is 1.67 bits per heavy atom. The van der Waals surface area contributed by atoms with Gasteiger partial charge in [0.25, 0.3) is 0 Å². The van der Waals surface area contributed by atoms with E-state index < -0.39 is 0 Å². The molecular weight excluding hydrogens is 152 g/mol. The number of aliphatic hydroxyl groups is 1. The van der Waals surface area contributed by atoms with E-state index in [0.29, 0.717) is 0 Å². The molecule has 1 unspecified atom stereocenters. The molecule has 0 bridgehead atoms. The number of hydrogen-bond acceptors (Lipinski definition) is 2. The summed E-state index contributed by atoms with van der Waals surface area (Å²) in [6.45, 7) is 2.84. The van der Waals surface area contributed by atoms with Gasteiger partial charge in [-0.1, -0.05) is 13.0 Å². The highest BCUT2D eigenvalue weighted by atomic mass is 16.5. The maximum absolute atomic E-state index is 9.26. The first-order chi connectivity index (χ1) is 5.83. The van der Waals surface area contributed by atoms with Crippen molar-refractivity contribution in [3.8, 4) is 0 Å². The summed E-state index contributed by atoms with van der Waals surface area (Å²) in [6.07, 6.45) is 8.09. The van der Waals surface area contributed by atoms with Gasteiger partial charge >= 0.3 is 0 Å². The largest absolute Gasteiger partial charge is 0.494 e. The van der Waals surface area contributed by atoms with Crippen LogP contribution >= 0.6 is 0 Å². The van der Waals surface area contributed by atoms with E-state index in [-0.39, 0.29) is 6.10 Å². The normalized spacial score (nSPS) is 23.2. The van der Waals surface area contributed by atoms with Crippen LogP contribution in [0.1, 0.15) is 26.2 Å². The highest BCUT2D eigenvalue weighted by Gasteiger charge is 2.03. The van der Waals surface area contributed by atoms with E-state index in [1.54, 1.807) is 6.08 Å². The second-order valence-corrected chi connectivity index (χ2v) is 2.96. The van der Waals surface area contributed by atoms with Gasteiger partial charge in [-0.3, -0.25) is 0 Å². The number of hydrogen-bond donors (Lipinski definition) is 1. The lowest BCUT2D eigenvalue weighted by atomic mass is 10.2. The molecule has 68 valence electrons. The van der Waals surface area contributed by atoms with E-state index in [0.717, 1.165) is 31.6 Å². The molecule has 0 aromatic heterocycles. The highest BCUT2D eigenvalue weighted by Crippen LogP contribution is 2.11. The maximum Gasteiger partial charge on any atom is 0.115 e. The maximum atomic E-state index is 9.26. The van der Waals surface area contributed by atoms with Crippen LogP contribution in [0.4, 0.5) is 0 Å². The van der Waals surface area contributed by atoms with E-state index in [4.69, 9.17) is 4.74 Å². The lowest BCUT2D eigenvalue weighted by molar-refractivity contribution is 0.214. The van der Waals surface area contributed by atoms with Gasteiger partial charge in [0.15, 0.2) is 0 Å². The Bertz CT molecular complexity index is 182. The highest BCUT2D eigenvalue weighted by molar-refractivity contribution is 5.15. The third-order valence-corrected chi connectivity index (χ3v) is 1.76. The van der Waals surface area contributed by atoms with Crippen molar-refractivity contribution in [3.63, 3.8) is 0 Å². The third-order valence-electron chi connectivity index (χ3n) is 1.76. The van der Waals surface area contributed by atoms with Crippen LogP contribution in [0.25, 0.3) is 0 Å². The van der Waals surface area contributed by atoms with Gasteiger partial charge in [0.05, 0.1) is 12.7 Å². The predicted octanol–water partition coefficient (Wildman–Crippen LogP) is 2.01. The molecule has 0 aromatic rings. The van der Waals surface area contributed by atoms with E-state index in [1.807, 2.05) is 12.2 Å². The van der Waals surface area contributed by atoms with Gasteiger partial charge < -0.3 is 9.84 Å². The lowest BCUT2D eigenvalue weighted by Gasteiger charge is -2.03. The van der Waals surface area contributed by atoms with Crippen LogP contribution in [-0.2, 0) is 4.74 Å². The van der Waals surface area contributed by atoms with Crippen molar-refractivity contribution in [3.05, 3.63) is 24.0 Å². The Kier molecular flexibility index (Phi) is 3.88. The Balaban J connectivity index is 2.40. The Hall–Kier alpha value is -0.760. The summed E-state index contributed by atoms with van der Waals surface area (Å²) in [5.74, 6) is 0.897. The zero-order valence-electron chi connectivity index (χ0n) is 7.49. The first-order valence-corrected chi connectivity index (χ1v) is 4.52. The van der Waals surface area contributed by atoms with Crippen molar-refractivity contribution >= 4 is 0 Å². The summed E-state index contributed by atoms with van der Waals surface area (Å²) in [4.78, 5) is 0. The van der Waals surface area contributed by atoms with Crippen LogP contribution in [0.5, 0.6) is 0 Å². The first-order valence-electron chi connectivity index (χ1n) is 4.52. The van der Waals surface area contributed by atoms with E-state index >= 15 is 0 Å². The fourth-order valence-corrected chi connectivity index (χ4v) is 1.09. The van der Waals surface area contributed by atoms with Crippen LogP contribution in [0.15, 0.2) is 24.0 Å². The number of rotatable bonds is 3. The SMILES string of the molecule is CCCOC1=CCCC(O)C=C1. The first kappa shape index (κ1) is 9.33. The Morgan fingerprint density at radius 3 is 3.25 bits per heavy atom. The van der Waals surface area contributed by atoms with Crippen molar-refractivity contribution in [2.75, 3.05) is 6.61 Å². The molecule has 12 heavy (non-hydrogen) atoms. The molecule has 1 rings (SSSR count). The summed E-state index contributed by atoms with van der Waals surface area (Å²) in [7, 11) is 0. The number of aliphatic hydroxyl groups excluding tert-OH is 1. The summed E-state index contributed by atoms with van der Waals surface area (Å²) in [6, 6.07) is 0. The number of allylic oxidation sites excluding steroid dienone is 2. The minimum absolute atomic E-state index is 0.302. The third kappa shape index (κ3) is 3.09. The van der Waals surface area contributed by atoms with Crippen LogP contribution in [0, 0.1) is 0 Å². The van der Waals surface area contributed by atoms with Crippen molar-refractivity contribution in [2.24, 2.45) is 0 Å². The zero-order valence-corrected chi connectivity index (χ0v) is 7.49. The van der Waals surface area contributed by atoms with Crippen LogP contribution in [0.2, 0.25) is 0 Å². The van der Waals surface area contributed by atoms with Crippen molar-refractivity contribution < 1.29 is 9.84 Å². The van der Waals surface area contributed by atoms with Crippen LogP contribution < -0.4 is 0 Å². The molecule has 0 aliphatic heterocycles. The molecule has 1 atom stereocenters. The molecule has 2 nitrogen and oxygen atoms in total. The Morgan fingerprint density at radius 2 is 2.50 bits per heavy atom. The van der Waals surface area contributed by atoms with Crippen LogP contribution in [0.3, 0.4) is 0 Å². The van der Waals surface area contributed by atoms with Gasteiger partial charge in [0.1, 0.15) is 5.76 Å². The molecule has 0 spiro atoms.